The van der Waals surface area contributed by atoms with E-state index >= 15 is 0 Å². The van der Waals surface area contributed by atoms with Crippen molar-refractivity contribution in [1.29, 1.82) is 0 Å². The third-order valence-corrected chi connectivity index (χ3v) is 5.41. The van der Waals surface area contributed by atoms with E-state index in [0.717, 1.165) is 48.3 Å². The SMILES string of the molecule is CN(C)c1nc(N2CCC(n3c(=O)[nH]c4ccccc43)CC2)ncc1/C=N/NC(N)=S. The van der Waals surface area contributed by atoms with Crippen molar-refractivity contribution in [3.63, 3.8) is 0 Å². The molecule has 0 spiro atoms. The standard InChI is InChI=1S/C20H25N9OS/c1-27(2)17-13(12-23-26-18(21)31)11-22-19(25-17)28-9-7-14(8-10-28)29-16-6-4-3-5-15(16)24-20(29)30/h3-6,11-12,14H,7-10H2,1-2H3,(H,24,30)(H3,21,26,31)/b23-12+. The number of thiocarbonyl (C=S) groups is 1. The first-order chi connectivity index (χ1) is 14.9. The van der Waals surface area contributed by atoms with Crippen LogP contribution < -0.4 is 26.6 Å². The van der Waals surface area contributed by atoms with Gasteiger partial charge >= 0.3 is 5.69 Å². The number of nitrogens with one attached hydrogen (secondary N) is 2. The van der Waals surface area contributed by atoms with Crippen molar-refractivity contribution in [3.05, 3.63) is 46.5 Å². The van der Waals surface area contributed by atoms with E-state index < -0.39 is 0 Å². The Hall–Kier alpha value is -3.47. The van der Waals surface area contributed by atoms with Crippen LogP contribution >= 0.6 is 12.2 Å². The Labute approximate surface area is 184 Å². The summed E-state index contributed by atoms with van der Waals surface area (Å²) in [5.41, 5.74) is 10.4. The number of anilines is 2. The molecular weight excluding hydrogens is 414 g/mol. The highest BCUT2D eigenvalue weighted by atomic mass is 32.1. The fraction of sp³-hybridized carbons (Fsp3) is 0.350. The number of hydrogen-bond donors (Lipinski definition) is 3. The number of nitrogens with two attached hydrogens (primary N) is 1. The highest BCUT2D eigenvalue weighted by molar-refractivity contribution is 7.80. The second kappa shape index (κ2) is 8.72. The van der Waals surface area contributed by atoms with Crippen molar-refractivity contribution in [2.24, 2.45) is 10.8 Å². The minimum atomic E-state index is -0.0556. The summed E-state index contributed by atoms with van der Waals surface area (Å²) in [6, 6.07) is 7.95. The maximum absolute atomic E-state index is 12.5. The van der Waals surface area contributed by atoms with E-state index in [2.05, 4.69) is 25.4 Å². The molecule has 11 heteroatoms. The molecule has 0 bridgehead atoms. The molecule has 0 aliphatic carbocycles. The van der Waals surface area contributed by atoms with E-state index in [0.29, 0.717) is 5.95 Å². The van der Waals surface area contributed by atoms with Crippen LogP contribution in [0.2, 0.25) is 0 Å². The van der Waals surface area contributed by atoms with Gasteiger partial charge in [0.15, 0.2) is 5.11 Å². The van der Waals surface area contributed by atoms with E-state index in [1.54, 1.807) is 12.4 Å². The molecule has 4 rings (SSSR count). The summed E-state index contributed by atoms with van der Waals surface area (Å²) in [6.07, 6.45) is 5.00. The smallest absolute Gasteiger partial charge is 0.326 e. The van der Waals surface area contributed by atoms with Crippen molar-refractivity contribution >= 4 is 46.3 Å². The van der Waals surface area contributed by atoms with Crippen LogP contribution in [-0.2, 0) is 0 Å². The lowest BCUT2D eigenvalue weighted by Crippen LogP contribution is -2.38. The highest BCUT2D eigenvalue weighted by Crippen LogP contribution is 2.27. The minimum Gasteiger partial charge on any atom is -0.375 e. The average molecular weight is 440 g/mol. The Morgan fingerprint density at radius 3 is 2.81 bits per heavy atom. The van der Waals surface area contributed by atoms with Gasteiger partial charge in [-0.15, -0.1) is 0 Å². The number of H-pyrrole nitrogens is 1. The van der Waals surface area contributed by atoms with Crippen molar-refractivity contribution in [3.8, 4) is 0 Å². The molecule has 1 fully saturated rings. The fourth-order valence-electron chi connectivity index (χ4n) is 3.90. The summed E-state index contributed by atoms with van der Waals surface area (Å²) < 4.78 is 1.88. The Balaban J connectivity index is 1.51. The molecule has 1 aromatic carbocycles. The van der Waals surface area contributed by atoms with Crippen LogP contribution in [0.4, 0.5) is 11.8 Å². The van der Waals surface area contributed by atoms with Crippen LogP contribution in [0, 0.1) is 0 Å². The molecule has 1 aliphatic rings. The normalized spacial score (nSPS) is 15.0. The summed E-state index contributed by atoms with van der Waals surface area (Å²) in [4.78, 5) is 28.8. The van der Waals surface area contributed by atoms with Crippen LogP contribution in [0.15, 0.2) is 40.4 Å². The van der Waals surface area contributed by atoms with Crippen LogP contribution in [-0.4, -0.2) is 58.0 Å². The van der Waals surface area contributed by atoms with Crippen LogP contribution in [0.1, 0.15) is 24.4 Å². The second-order valence-electron chi connectivity index (χ2n) is 7.61. The number of hydrazone groups is 1. The van der Waals surface area contributed by atoms with Crippen molar-refractivity contribution in [2.75, 3.05) is 37.0 Å². The van der Waals surface area contributed by atoms with Crippen LogP contribution in [0.3, 0.4) is 0 Å². The van der Waals surface area contributed by atoms with Gasteiger partial charge in [-0.05, 0) is 37.2 Å². The van der Waals surface area contributed by atoms with Gasteiger partial charge in [0.05, 0.1) is 22.8 Å². The van der Waals surface area contributed by atoms with Gasteiger partial charge in [-0.1, -0.05) is 12.1 Å². The molecule has 0 radical (unpaired) electrons. The number of piperidine rings is 1. The first-order valence-corrected chi connectivity index (χ1v) is 10.4. The predicted molar refractivity (Wildman–Crippen MR) is 127 cm³/mol. The maximum Gasteiger partial charge on any atom is 0.326 e. The Morgan fingerprint density at radius 2 is 2.10 bits per heavy atom. The largest absolute Gasteiger partial charge is 0.375 e. The zero-order valence-electron chi connectivity index (χ0n) is 17.4. The zero-order chi connectivity index (χ0) is 22.0. The molecule has 3 heterocycles. The Kier molecular flexibility index (Phi) is 5.85. The minimum absolute atomic E-state index is 0.0556. The summed E-state index contributed by atoms with van der Waals surface area (Å²) in [5, 5.41) is 4.10. The molecule has 162 valence electrons. The number of para-hydroxylation sites is 2. The number of rotatable bonds is 5. The number of benzene rings is 1. The molecule has 0 saturated carbocycles. The molecule has 0 unspecified atom stereocenters. The first-order valence-electron chi connectivity index (χ1n) is 10.0. The van der Waals surface area contributed by atoms with Gasteiger partial charge in [-0.3, -0.25) is 9.99 Å². The quantitative estimate of drug-likeness (QED) is 0.308. The first kappa shape index (κ1) is 20.8. The monoisotopic (exact) mass is 439 g/mol. The van der Waals surface area contributed by atoms with Crippen LogP contribution in [0.5, 0.6) is 0 Å². The van der Waals surface area contributed by atoms with Gasteiger partial charge in [0, 0.05) is 39.4 Å². The lowest BCUT2D eigenvalue weighted by Gasteiger charge is -2.33. The number of nitrogens with zero attached hydrogens (tertiary/aromatic N) is 6. The van der Waals surface area contributed by atoms with Gasteiger partial charge in [0.1, 0.15) is 5.82 Å². The Morgan fingerprint density at radius 1 is 1.35 bits per heavy atom. The fourth-order valence-corrected chi connectivity index (χ4v) is 3.95. The number of aromatic nitrogens is 4. The predicted octanol–water partition coefficient (Wildman–Crippen LogP) is 1.19. The molecule has 1 saturated heterocycles. The van der Waals surface area contributed by atoms with E-state index in [4.69, 9.17) is 22.9 Å². The van der Waals surface area contributed by atoms with Gasteiger partial charge < -0.3 is 20.5 Å². The van der Waals surface area contributed by atoms with Gasteiger partial charge in [-0.25, -0.2) is 9.78 Å². The van der Waals surface area contributed by atoms with Crippen LogP contribution in [0.25, 0.3) is 11.0 Å². The number of hydrogen-bond acceptors (Lipinski definition) is 7. The van der Waals surface area contributed by atoms with E-state index in [-0.39, 0.29) is 16.8 Å². The highest BCUT2D eigenvalue weighted by Gasteiger charge is 2.25. The average Bonchev–Trinajstić information content (AvgIpc) is 3.09. The van der Waals surface area contributed by atoms with E-state index in [1.165, 1.54) is 0 Å². The molecule has 4 N–H and O–H groups in total. The number of imidazole rings is 1. The summed E-state index contributed by atoms with van der Waals surface area (Å²) in [6.45, 7) is 1.53. The van der Waals surface area contributed by atoms with E-state index in [1.807, 2.05) is 47.8 Å². The molecule has 31 heavy (non-hydrogen) atoms. The van der Waals surface area contributed by atoms with Crippen molar-refractivity contribution in [1.82, 2.24) is 24.9 Å². The summed E-state index contributed by atoms with van der Waals surface area (Å²) in [7, 11) is 3.83. The molecular formula is C20H25N9OS. The topological polar surface area (TPSA) is 120 Å². The molecule has 1 aliphatic heterocycles. The van der Waals surface area contributed by atoms with Crippen molar-refractivity contribution < 1.29 is 0 Å². The zero-order valence-corrected chi connectivity index (χ0v) is 18.3. The second-order valence-corrected chi connectivity index (χ2v) is 8.05. The maximum atomic E-state index is 12.5. The third kappa shape index (κ3) is 4.36. The Bertz CT molecular complexity index is 1170. The lowest BCUT2D eigenvalue weighted by atomic mass is 10.0. The third-order valence-electron chi connectivity index (χ3n) is 5.32. The summed E-state index contributed by atoms with van der Waals surface area (Å²) >= 11 is 4.76. The van der Waals surface area contributed by atoms with Gasteiger partial charge in [0.2, 0.25) is 5.95 Å². The molecule has 0 amide bonds. The molecule has 3 aromatic rings. The molecule has 10 nitrogen and oxygen atoms in total. The van der Waals surface area contributed by atoms with E-state index in [9.17, 15) is 4.79 Å². The number of fused-ring (bicyclic) bond motifs is 1. The molecule has 0 atom stereocenters. The lowest BCUT2D eigenvalue weighted by molar-refractivity contribution is 0.394. The van der Waals surface area contributed by atoms with Gasteiger partial charge in [0.25, 0.3) is 0 Å². The number of aromatic amines is 1. The van der Waals surface area contributed by atoms with Gasteiger partial charge in [-0.2, -0.15) is 10.1 Å². The molecule has 2 aromatic heterocycles. The van der Waals surface area contributed by atoms with Crippen molar-refractivity contribution in [2.45, 2.75) is 18.9 Å². The summed E-state index contributed by atoms with van der Waals surface area (Å²) in [5.74, 6) is 1.40.